The van der Waals surface area contributed by atoms with Crippen LogP contribution in [0.25, 0.3) is 0 Å². The van der Waals surface area contributed by atoms with Crippen LogP contribution in [0.15, 0.2) is 53.4 Å². The summed E-state index contributed by atoms with van der Waals surface area (Å²) in [5.41, 5.74) is 0.758. The Balaban J connectivity index is 1.64. The standard InChI is InChI=1S/C20H21N3O5S/c1-15(20(24)22-19-5-3-2-4-16(19)14-21)28-17-6-8-18(9-7-17)29(25,26)23-10-12-27-13-11-23/h2-9,15H,10-13H2,1H3,(H,22,24)/t15-/m1/s1. The van der Waals surface area contributed by atoms with Gasteiger partial charge in [0.2, 0.25) is 10.0 Å². The molecule has 0 aliphatic carbocycles. The van der Waals surface area contributed by atoms with Crippen molar-refractivity contribution < 1.29 is 22.7 Å². The Morgan fingerprint density at radius 3 is 2.48 bits per heavy atom. The van der Waals surface area contributed by atoms with Crippen molar-refractivity contribution in [2.24, 2.45) is 0 Å². The Kier molecular flexibility index (Phi) is 6.49. The van der Waals surface area contributed by atoms with E-state index in [1.807, 2.05) is 6.07 Å². The molecule has 3 rings (SSSR count). The summed E-state index contributed by atoms with van der Waals surface area (Å²) < 4.78 is 37.5. The number of carbonyl (C=O) groups is 1. The van der Waals surface area contributed by atoms with E-state index in [0.29, 0.717) is 43.3 Å². The molecule has 9 heteroatoms. The minimum atomic E-state index is -3.58. The largest absolute Gasteiger partial charge is 0.481 e. The van der Waals surface area contributed by atoms with Crippen LogP contribution in [-0.4, -0.2) is 51.0 Å². The molecule has 1 amide bonds. The summed E-state index contributed by atoms with van der Waals surface area (Å²) in [5, 5.41) is 11.8. The van der Waals surface area contributed by atoms with Crippen molar-refractivity contribution >= 4 is 21.6 Å². The van der Waals surface area contributed by atoms with Gasteiger partial charge in [-0.1, -0.05) is 12.1 Å². The summed E-state index contributed by atoms with van der Waals surface area (Å²) in [4.78, 5) is 12.5. The number of ether oxygens (including phenoxy) is 2. The number of anilines is 1. The Labute approximate surface area is 169 Å². The number of nitrogens with one attached hydrogen (secondary N) is 1. The van der Waals surface area contributed by atoms with E-state index in [9.17, 15) is 13.2 Å². The van der Waals surface area contributed by atoms with Crippen molar-refractivity contribution in [2.45, 2.75) is 17.9 Å². The second-order valence-corrected chi connectivity index (χ2v) is 8.33. The van der Waals surface area contributed by atoms with Crippen LogP contribution in [0.1, 0.15) is 12.5 Å². The van der Waals surface area contributed by atoms with Gasteiger partial charge in [-0.3, -0.25) is 4.79 Å². The van der Waals surface area contributed by atoms with Gasteiger partial charge in [0, 0.05) is 13.1 Å². The number of hydrogen-bond donors (Lipinski definition) is 1. The average molecular weight is 415 g/mol. The number of hydrogen-bond acceptors (Lipinski definition) is 6. The minimum absolute atomic E-state index is 0.159. The molecule has 8 nitrogen and oxygen atoms in total. The lowest BCUT2D eigenvalue weighted by Gasteiger charge is -2.26. The van der Waals surface area contributed by atoms with Gasteiger partial charge in [-0.25, -0.2) is 8.42 Å². The molecule has 0 saturated carbocycles. The monoisotopic (exact) mass is 415 g/mol. The van der Waals surface area contributed by atoms with E-state index in [0.717, 1.165) is 0 Å². The van der Waals surface area contributed by atoms with E-state index < -0.39 is 22.0 Å². The highest BCUT2D eigenvalue weighted by atomic mass is 32.2. The quantitative estimate of drug-likeness (QED) is 0.773. The van der Waals surface area contributed by atoms with Crippen LogP contribution < -0.4 is 10.1 Å². The second-order valence-electron chi connectivity index (χ2n) is 6.39. The number of carbonyl (C=O) groups excluding carboxylic acids is 1. The molecule has 1 aliphatic heterocycles. The third-order valence-electron chi connectivity index (χ3n) is 4.42. The smallest absolute Gasteiger partial charge is 0.265 e. The average Bonchev–Trinajstić information content (AvgIpc) is 2.75. The van der Waals surface area contributed by atoms with Gasteiger partial charge in [0.1, 0.15) is 11.8 Å². The number of nitrogens with zero attached hydrogens (tertiary/aromatic N) is 2. The molecule has 1 saturated heterocycles. The molecule has 0 unspecified atom stereocenters. The number of amides is 1. The van der Waals surface area contributed by atoms with Gasteiger partial charge < -0.3 is 14.8 Å². The lowest BCUT2D eigenvalue weighted by atomic mass is 10.2. The van der Waals surface area contributed by atoms with Crippen LogP contribution in [0.2, 0.25) is 0 Å². The number of benzene rings is 2. The lowest BCUT2D eigenvalue weighted by molar-refractivity contribution is -0.122. The number of nitriles is 1. The molecule has 0 aromatic heterocycles. The zero-order chi connectivity index (χ0) is 20.9. The highest BCUT2D eigenvalue weighted by molar-refractivity contribution is 7.89. The van der Waals surface area contributed by atoms with Gasteiger partial charge in [0.15, 0.2) is 6.10 Å². The Bertz CT molecular complexity index is 1010. The third kappa shape index (κ3) is 4.92. The summed E-state index contributed by atoms with van der Waals surface area (Å²) in [6, 6.07) is 14.6. The van der Waals surface area contributed by atoms with Gasteiger partial charge in [-0.2, -0.15) is 9.57 Å². The number of para-hydroxylation sites is 1. The summed E-state index contributed by atoms with van der Waals surface area (Å²) in [6.07, 6.45) is -0.844. The van der Waals surface area contributed by atoms with Crippen LogP contribution in [0.5, 0.6) is 5.75 Å². The van der Waals surface area contributed by atoms with Crippen molar-refractivity contribution in [1.29, 1.82) is 5.26 Å². The molecule has 1 aliphatic rings. The highest BCUT2D eigenvalue weighted by Gasteiger charge is 2.26. The molecule has 1 heterocycles. The van der Waals surface area contributed by atoms with E-state index in [-0.39, 0.29) is 4.90 Å². The molecule has 152 valence electrons. The molecule has 1 atom stereocenters. The summed E-state index contributed by atoms with van der Waals surface area (Å²) in [6.45, 7) is 2.97. The molecular weight excluding hydrogens is 394 g/mol. The van der Waals surface area contributed by atoms with Gasteiger partial charge in [0.25, 0.3) is 5.91 Å². The zero-order valence-electron chi connectivity index (χ0n) is 15.9. The predicted octanol–water partition coefficient (Wildman–Crippen LogP) is 1.99. The van der Waals surface area contributed by atoms with E-state index in [2.05, 4.69) is 5.32 Å². The van der Waals surface area contributed by atoms with E-state index in [4.69, 9.17) is 14.7 Å². The van der Waals surface area contributed by atoms with E-state index >= 15 is 0 Å². The van der Waals surface area contributed by atoms with Gasteiger partial charge in [-0.15, -0.1) is 0 Å². The third-order valence-corrected chi connectivity index (χ3v) is 6.33. The first-order chi connectivity index (χ1) is 13.9. The second kappa shape index (κ2) is 9.05. The molecular formula is C20H21N3O5S. The molecule has 1 fully saturated rings. The van der Waals surface area contributed by atoms with Crippen molar-refractivity contribution in [3.63, 3.8) is 0 Å². The summed E-state index contributed by atoms with van der Waals surface area (Å²) in [7, 11) is -3.58. The van der Waals surface area contributed by atoms with Gasteiger partial charge in [-0.05, 0) is 43.3 Å². The van der Waals surface area contributed by atoms with Crippen LogP contribution in [0.3, 0.4) is 0 Å². The molecule has 2 aromatic carbocycles. The van der Waals surface area contributed by atoms with Crippen molar-refractivity contribution in [3.8, 4) is 11.8 Å². The maximum atomic E-state index is 12.6. The Morgan fingerprint density at radius 1 is 1.17 bits per heavy atom. The minimum Gasteiger partial charge on any atom is -0.481 e. The van der Waals surface area contributed by atoms with Crippen LogP contribution >= 0.6 is 0 Å². The maximum absolute atomic E-state index is 12.6. The van der Waals surface area contributed by atoms with Crippen LogP contribution in [0.4, 0.5) is 5.69 Å². The molecule has 0 spiro atoms. The molecule has 0 radical (unpaired) electrons. The summed E-state index contributed by atoms with van der Waals surface area (Å²) >= 11 is 0. The van der Waals surface area contributed by atoms with E-state index in [1.54, 1.807) is 31.2 Å². The molecule has 29 heavy (non-hydrogen) atoms. The first kappa shape index (κ1) is 20.8. The van der Waals surface area contributed by atoms with Crippen molar-refractivity contribution in [1.82, 2.24) is 4.31 Å². The van der Waals surface area contributed by atoms with Crippen molar-refractivity contribution in [2.75, 3.05) is 31.6 Å². The van der Waals surface area contributed by atoms with Crippen molar-refractivity contribution in [3.05, 3.63) is 54.1 Å². The number of sulfonamides is 1. The fraction of sp³-hybridized carbons (Fsp3) is 0.300. The molecule has 2 aromatic rings. The van der Waals surface area contributed by atoms with E-state index in [1.165, 1.54) is 28.6 Å². The first-order valence-electron chi connectivity index (χ1n) is 9.06. The Hall–Kier alpha value is -2.93. The molecule has 1 N–H and O–H groups in total. The number of rotatable bonds is 6. The lowest BCUT2D eigenvalue weighted by Crippen LogP contribution is -2.40. The zero-order valence-corrected chi connectivity index (χ0v) is 16.7. The topological polar surface area (TPSA) is 109 Å². The number of morpholine rings is 1. The maximum Gasteiger partial charge on any atom is 0.265 e. The van der Waals surface area contributed by atoms with Gasteiger partial charge >= 0.3 is 0 Å². The highest BCUT2D eigenvalue weighted by Crippen LogP contribution is 2.21. The molecule has 0 bridgehead atoms. The normalized spacial score (nSPS) is 15.9. The van der Waals surface area contributed by atoms with Gasteiger partial charge in [0.05, 0.1) is 29.4 Å². The fourth-order valence-corrected chi connectivity index (χ4v) is 4.22. The Morgan fingerprint density at radius 2 is 1.83 bits per heavy atom. The van der Waals surface area contributed by atoms with Crippen LogP contribution in [-0.2, 0) is 19.6 Å². The summed E-state index contributed by atoms with van der Waals surface area (Å²) in [5.74, 6) is -0.0557. The predicted molar refractivity (Wildman–Crippen MR) is 106 cm³/mol. The fourth-order valence-electron chi connectivity index (χ4n) is 2.81. The van der Waals surface area contributed by atoms with Crippen LogP contribution in [0, 0.1) is 11.3 Å². The SMILES string of the molecule is C[C@@H](Oc1ccc(S(=O)(=O)N2CCOCC2)cc1)C(=O)Nc1ccccc1C#N. The first-order valence-corrected chi connectivity index (χ1v) is 10.5.